The van der Waals surface area contributed by atoms with Gasteiger partial charge in [-0.05, 0) is 54.1 Å². The minimum absolute atomic E-state index is 0.148. The predicted molar refractivity (Wildman–Crippen MR) is 108 cm³/mol. The van der Waals surface area contributed by atoms with Crippen LogP contribution in [0.4, 0.5) is 5.69 Å². The highest BCUT2D eigenvalue weighted by atomic mass is 35.5. The van der Waals surface area contributed by atoms with Crippen molar-refractivity contribution in [3.05, 3.63) is 88.9 Å². The van der Waals surface area contributed by atoms with E-state index in [2.05, 4.69) is 5.32 Å². The molecule has 5 nitrogen and oxygen atoms in total. The first kappa shape index (κ1) is 19.5. The van der Waals surface area contributed by atoms with Gasteiger partial charge in [-0.2, -0.15) is 0 Å². The number of carbonyl (C=O) groups excluding carboxylic acids is 2. The molecule has 0 aliphatic rings. The average Bonchev–Trinajstić information content (AvgIpc) is 2.70. The van der Waals surface area contributed by atoms with Gasteiger partial charge in [0.1, 0.15) is 11.5 Å². The van der Waals surface area contributed by atoms with Gasteiger partial charge in [0.05, 0.1) is 24.1 Å². The van der Waals surface area contributed by atoms with Crippen molar-refractivity contribution < 1.29 is 19.1 Å². The number of ether oxygens (including phenoxy) is 2. The fourth-order valence-corrected chi connectivity index (χ4v) is 2.75. The number of benzene rings is 3. The van der Waals surface area contributed by atoms with E-state index in [1.807, 2.05) is 12.1 Å². The lowest BCUT2D eigenvalue weighted by molar-refractivity contribution is -0.133. The maximum absolute atomic E-state index is 12.3. The van der Waals surface area contributed by atoms with Crippen molar-refractivity contribution in [3.8, 4) is 11.5 Å². The van der Waals surface area contributed by atoms with Gasteiger partial charge in [-0.25, -0.2) is 0 Å². The molecule has 3 aromatic carbocycles. The molecular formula is C22H18ClNO4. The van der Waals surface area contributed by atoms with Crippen LogP contribution in [0.2, 0.25) is 5.02 Å². The number of hydrogen-bond acceptors (Lipinski definition) is 4. The lowest BCUT2D eigenvalue weighted by Gasteiger charge is -2.08. The summed E-state index contributed by atoms with van der Waals surface area (Å²) >= 11 is 6.03. The second-order valence-electron chi connectivity index (χ2n) is 5.96. The monoisotopic (exact) mass is 395 g/mol. The Hall–Kier alpha value is -3.31. The maximum Gasteiger partial charge on any atom is 0.315 e. The zero-order valence-corrected chi connectivity index (χ0v) is 15.9. The number of esters is 1. The Kier molecular flexibility index (Phi) is 6.29. The standard InChI is InChI=1S/C22H18ClNO4/c1-27-17-10-6-15(7-11-17)14-21(25)28-18-12-8-16(9-13-18)24-22(26)19-4-2-3-5-20(19)23/h2-13H,14H2,1H3,(H,24,26). The van der Waals surface area contributed by atoms with Crippen LogP contribution >= 0.6 is 11.6 Å². The molecule has 0 saturated heterocycles. The number of methoxy groups -OCH3 is 1. The van der Waals surface area contributed by atoms with Gasteiger partial charge in [-0.15, -0.1) is 0 Å². The third-order valence-corrected chi connectivity index (χ3v) is 4.30. The van der Waals surface area contributed by atoms with E-state index in [1.54, 1.807) is 67.8 Å². The molecule has 0 unspecified atom stereocenters. The van der Waals surface area contributed by atoms with Gasteiger partial charge in [-0.3, -0.25) is 9.59 Å². The van der Waals surface area contributed by atoms with Gasteiger partial charge in [0.2, 0.25) is 0 Å². The Morgan fingerprint density at radius 1 is 0.893 bits per heavy atom. The number of rotatable bonds is 6. The van der Waals surface area contributed by atoms with Crippen LogP contribution < -0.4 is 14.8 Å². The highest BCUT2D eigenvalue weighted by molar-refractivity contribution is 6.34. The molecule has 0 aliphatic carbocycles. The molecule has 0 aromatic heterocycles. The minimum atomic E-state index is -0.377. The Morgan fingerprint density at radius 3 is 2.18 bits per heavy atom. The molecule has 6 heteroatoms. The Balaban J connectivity index is 1.57. The summed E-state index contributed by atoms with van der Waals surface area (Å²) in [4.78, 5) is 24.3. The van der Waals surface area contributed by atoms with E-state index in [4.69, 9.17) is 21.1 Å². The predicted octanol–water partition coefficient (Wildman–Crippen LogP) is 4.75. The van der Waals surface area contributed by atoms with Crippen LogP contribution in [0, 0.1) is 0 Å². The largest absolute Gasteiger partial charge is 0.497 e. The normalized spacial score (nSPS) is 10.2. The van der Waals surface area contributed by atoms with E-state index in [1.165, 1.54) is 0 Å². The molecule has 1 N–H and O–H groups in total. The van der Waals surface area contributed by atoms with Crippen molar-refractivity contribution in [2.24, 2.45) is 0 Å². The number of nitrogens with one attached hydrogen (secondary N) is 1. The van der Waals surface area contributed by atoms with E-state index in [0.29, 0.717) is 22.0 Å². The first-order valence-electron chi connectivity index (χ1n) is 8.55. The van der Waals surface area contributed by atoms with Gasteiger partial charge >= 0.3 is 5.97 Å². The van der Waals surface area contributed by atoms with Crippen molar-refractivity contribution in [3.63, 3.8) is 0 Å². The average molecular weight is 396 g/mol. The molecule has 0 fully saturated rings. The van der Waals surface area contributed by atoms with Crippen molar-refractivity contribution >= 4 is 29.2 Å². The number of halogens is 1. The van der Waals surface area contributed by atoms with E-state index in [-0.39, 0.29) is 18.3 Å². The molecule has 3 rings (SSSR count). The molecule has 1 amide bonds. The number of anilines is 1. The van der Waals surface area contributed by atoms with Gasteiger partial charge in [0.15, 0.2) is 0 Å². The Labute approximate surface area is 167 Å². The van der Waals surface area contributed by atoms with Crippen molar-refractivity contribution in [2.45, 2.75) is 6.42 Å². The van der Waals surface area contributed by atoms with Gasteiger partial charge in [0.25, 0.3) is 5.91 Å². The summed E-state index contributed by atoms with van der Waals surface area (Å²) in [5.41, 5.74) is 1.79. The van der Waals surface area contributed by atoms with Crippen LogP contribution in [-0.2, 0) is 11.2 Å². The van der Waals surface area contributed by atoms with Crippen molar-refractivity contribution in [2.75, 3.05) is 12.4 Å². The summed E-state index contributed by atoms with van der Waals surface area (Å²) in [5, 5.41) is 3.13. The SMILES string of the molecule is COc1ccc(CC(=O)Oc2ccc(NC(=O)c3ccccc3Cl)cc2)cc1. The summed E-state index contributed by atoms with van der Waals surface area (Å²) in [7, 11) is 1.59. The van der Waals surface area contributed by atoms with E-state index < -0.39 is 0 Å². The van der Waals surface area contributed by atoms with Gasteiger partial charge in [0, 0.05) is 5.69 Å². The minimum Gasteiger partial charge on any atom is -0.497 e. The van der Waals surface area contributed by atoms with Gasteiger partial charge < -0.3 is 14.8 Å². The number of hydrogen-bond donors (Lipinski definition) is 1. The molecule has 0 heterocycles. The molecule has 0 saturated carbocycles. The lowest BCUT2D eigenvalue weighted by atomic mass is 10.1. The fraction of sp³-hybridized carbons (Fsp3) is 0.0909. The molecule has 0 atom stereocenters. The third-order valence-electron chi connectivity index (χ3n) is 3.97. The number of amides is 1. The molecule has 0 bridgehead atoms. The van der Waals surface area contributed by atoms with Crippen LogP contribution in [0.1, 0.15) is 15.9 Å². The molecule has 0 radical (unpaired) electrons. The van der Waals surface area contributed by atoms with Crippen LogP contribution in [0.5, 0.6) is 11.5 Å². The summed E-state index contributed by atoms with van der Waals surface area (Å²) in [6, 6.07) is 20.6. The fourth-order valence-electron chi connectivity index (χ4n) is 2.53. The van der Waals surface area contributed by atoms with Crippen LogP contribution in [0.3, 0.4) is 0 Å². The van der Waals surface area contributed by atoms with Gasteiger partial charge in [-0.1, -0.05) is 35.9 Å². The summed E-state index contributed by atoms with van der Waals surface area (Å²) in [6.07, 6.45) is 0.148. The first-order valence-corrected chi connectivity index (χ1v) is 8.92. The Morgan fingerprint density at radius 2 is 1.54 bits per heavy atom. The third kappa shape index (κ3) is 5.11. The smallest absolute Gasteiger partial charge is 0.315 e. The number of carbonyl (C=O) groups is 2. The highest BCUT2D eigenvalue weighted by Gasteiger charge is 2.11. The highest BCUT2D eigenvalue weighted by Crippen LogP contribution is 2.20. The van der Waals surface area contributed by atoms with E-state index >= 15 is 0 Å². The van der Waals surface area contributed by atoms with Crippen LogP contribution in [0.15, 0.2) is 72.8 Å². The maximum atomic E-state index is 12.3. The molecule has 0 aliphatic heterocycles. The summed E-state index contributed by atoms with van der Waals surface area (Å²) < 4.78 is 10.4. The summed E-state index contributed by atoms with van der Waals surface area (Å²) in [5.74, 6) is 0.439. The Bertz CT molecular complexity index is 969. The molecule has 142 valence electrons. The molecular weight excluding hydrogens is 378 g/mol. The summed E-state index contributed by atoms with van der Waals surface area (Å²) in [6.45, 7) is 0. The second-order valence-corrected chi connectivity index (χ2v) is 6.36. The quantitative estimate of drug-likeness (QED) is 0.483. The zero-order valence-electron chi connectivity index (χ0n) is 15.1. The second kappa shape index (κ2) is 9.06. The molecule has 3 aromatic rings. The molecule has 28 heavy (non-hydrogen) atoms. The van der Waals surface area contributed by atoms with E-state index in [0.717, 1.165) is 11.3 Å². The lowest BCUT2D eigenvalue weighted by Crippen LogP contribution is -2.13. The zero-order chi connectivity index (χ0) is 19.9. The first-order chi connectivity index (χ1) is 13.5. The van der Waals surface area contributed by atoms with Crippen molar-refractivity contribution in [1.29, 1.82) is 0 Å². The van der Waals surface area contributed by atoms with Crippen molar-refractivity contribution in [1.82, 2.24) is 0 Å². The van der Waals surface area contributed by atoms with Crippen LogP contribution in [0.25, 0.3) is 0 Å². The molecule has 0 spiro atoms. The topological polar surface area (TPSA) is 64.6 Å². The van der Waals surface area contributed by atoms with E-state index in [9.17, 15) is 9.59 Å². The van der Waals surface area contributed by atoms with Crippen LogP contribution in [-0.4, -0.2) is 19.0 Å².